The zero-order valence-electron chi connectivity index (χ0n) is 10.9. The molecule has 1 heterocycles. The number of ketones is 2. The molecule has 5 heteroatoms. The van der Waals surface area contributed by atoms with E-state index < -0.39 is 11.7 Å². The van der Waals surface area contributed by atoms with Gasteiger partial charge in [-0.05, 0) is 37.5 Å². The summed E-state index contributed by atoms with van der Waals surface area (Å²) in [5.74, 6) is -0.598. The van der Waals surface area contributed by atoms with E-state index >= 15 is 0 Å². The normalized spacial score (nSPS) is 21.8. The fourth-order valence-corrected chi connectivity index (χ4v) is 3.33. The van der Waals surface area contributed by atoms with Crippen LogP contribution in [0.15, 0.2) is 22.7 Å². The number of benzene rings is 1. The second kappa shape index (κ2) is 5.13. The molecule has 104 valence electrons. The summed E-state index contributed by atoms with van der Waals surface area (Å²) in [6.07, 6.45) is 3.15. The first-order valence-electron chi connectivity index (χ1n) is 6.76. The minimum atomic E-state index is -0.483. The van der Waals surface area contributed by atoms with E-state index in [0.29, 0.717) is 36.4 Å². The van der Waals surface area contributed by atoms with Crippen molar-refractivity contribution in [2.75, 3.05) is 11.4 Å². The maximum Gasteiger partial charge on any atom is 0.299 e. The van der Waals surface area contributed by atoms with Crippen LogP contribution in [0.5, 0.6) is 0 Å². The molecule has 20 heavy (non-hydrogen) atoms. The lowest BCUT2D eigenvalue weighted by Crippen LogP contribution is -2.32. The molecule has 1 aliphatic carbocycles. The Kier molecular flexibility index (Phi) is 3.46. The van der Waals surface area contributed by atoms with Gasteiger partial charge in [0.05, 0.1) is 11.3 Å². The van der Waals surface area contributed by atoms with Gasteiger partial charge in [-0.2, -0.15) is 0 Å². The molecule has 0 radical (unpaired) electrons. The molecule has 1 aromatic carbocycles. The molecule has 4 nitrogen and oxygen atoms in total. The summed E-state index contributed by atoms with van der Waals surface area (Å²) in [7, 11) is 0. The number of carbonyl (C=O) groups is 3. The second-order valence-electron chi connectivity index (χ2n) is 5.29. The third-order valence-corrected chi connectivity index (χ3v) is 4.56. The van der Waals surface area contributed by atoms with E-state index in [-0.39, 0.29) is 5.92 Å². The summed E-state index contributed by atoms with van der Waals surface area (Å²) in [6, 6.07) is 5.27. The fraction of sp³-hybridized carbons (Fsp3) is 0.400. The van der Waals surface area contributed by atoms with Gasteiger partial charge in [0, 0.05) is 23.4 Å². The number of carbonyl (C=O) groups excluding carboxylic acids is 3. The van der Waals surface area contributed by atoms with Crippen LogP contribution < -0.4 is 4.90 Å². The van der Waals surface area contributed by atoms with Crippen LogP contribution in [0, 0.1) is 5.92 Å². The number of fused-ring (bicyclic) bond motifs is 1. The molecule has 0 N–H and O–H groups in total. The Morgan fingerprint density at radius 2 is 2.05 bits per heavy atom. The highest BCUT2D eigenvalue weighted by atomic mass is 79.9. The molecule has 0 spiro atoms. The van der Waals surface area contributed by atoms with Gasteiger partial charge < -0.3 is 4.90 Å². The second-order valence-corrected chi connectivity index (χ2v) is 6.21. The van der Waals surface area contributed by atoms with Gasteiger partial charge in [-0.15, -0.1) is 0 Å². The van der Waals surface area contributed by atoms with Gasteiger partial charge in [0.25, 0.3) is 11.7 Å². The molecule has 1 atom stereocenters. The highest BCUT2D eigenvalue weighted by Crippen LogP contribution is 2.33. The number of rotatable bonds is 3. The molecule has 1 aliphatic heterocycles. The zero-order chi connectivity index (χ0) is 14.3. The smallest absolute Gasteiger partial charge is 0.299 e. The Morgan fingerprint density at radius 3 is 2.75 bits per heavy atom. The lowest BCUT2D eigenvalue weighted by molar-refractivity contribution is -0.121. The largest absolute Gasteiger partial charge is 0.305 e. The topological polar surface area (TPSA) is 54.5 Å². The summed E-state index contributed by atoms with van der Waals surface area (Å²) < 4.78 is 0.783. The van der Waals surface area contributed by atoms with Crippen LogP contribution in [0.4, 0.5) is 5.69 Å². The minimum Gasteiger partial charge on any atom is -0.305 e. The molecular weight excluding hydrogens is 322 g/mol. The van der Waals surface area contributed by atoms with E-state index in [9.17, 15) is 14.4 Å². The van der Waals surface area contributed by atoms with E-state index in [2.05, 4.69) is 15.9 Å². The third-order valence-electron chi connectivity index (χ3n) is 4.07. The fourth-order valence-electron chi connectivity index (χ4n) is 2.97. The van der Waals surface area contributed by atoms with Crippen molar-refractivity contribution in [2.45, 2.75) is 25.7 Å². The highest BCUT2D eigenvalue weighted by Gasteiger charge is 2.36. The van der Waals surface area contributed by atoms with E-state index in [1.54, 1.807) is 12.1 Å². The van der Waals surface area contributed by atoms with Gasteiger partial charge in [0.15, 0.2) is 0 Å². The summed E-state index contributed by atoms with van der Waals surface area (Å²) >= 11 is 3.31. The summed E-state index contributed by atoms with van der Waals surface area (Å²) in [5, 5.41) is 0. The maximum atomic E-state index is 12.0. The first kappa shape index (κ1) is 13.5. The Balaban J connectivity index is 1.79. The SMILES string of the molecule is O=C1C(=O)N(CCC2CCCC2=O)c2ccc(Br)cc21. The van der Waals surface area contributed by atoms with Gasteiger partial charge >= 0.3 is 0 Å². The first-order valence-corrected chi connectivity index (χ1v) is 7.55. The Morgan fingerprint density at radius 1 is 1.25 bits per heavy atom. The van der Waals surface area contributed by atoms with E-state index in [0.717, 1.165) is 17.3 Å². The number of Topliss-reactive ketones (excluding diaryl/α,β-unsaturated/α-hetero) is 2. The molecule has 0 saturated heterocycles. The van der Waals surface area contributed by atoms with Crippen molar-refractivity contribution in [1.29, 1.82) is 0 Å². The average molecular weight is 336 g/mol. The molecule has 1 fully saturated rings. The van der Waals surface area contributed by atoms with Crippen molar-refractivity contribution in [3.8, 4) is 0 Å². The van der Waals surface area contributed by atoms with Gasteiger partial charge in [-0.25, -0.2) is 0 Å². The minimum absolute atomic E-state index is 0.0531. The van der Waals surface area contributed by atoms with Crippen LogP contribution in [0.2, 0.25) is 0 Å². The van der Waals surface area contributed by atoms with Crippen LogP contribution in [-0.2, 0) is 9.59 Å². The molecule has 0 aromatic heterocycles. The van der Waals surface area contributed by atoms with Crippen LogP contribution in [0.3, 0.4) is 0 Å². The Bertz CT molecular complexity index is 611. The van der Waals surface area contributed by atoms with Crippen LogP contribution in [0.1, 0.15) is 36.0 Å². The molecule has 1 amide bonds. The number of nitrogens with zero attached hydrogens (tertiary/aromatic N) is 1. The third kappa shape index (κ3) is 2.20. The Hall–Kier alpha value is -1.49. The van der Waals surface area contributed by atoms with Gasteiger partial charge in [0.1, 0.15) is 5.78 Å². The molecular formula is C15H14BrNO3. The highest BCUT2D eigenvalue weighted by molar-refractivity contribution is 9.10. The Labute approximate surface area is 125 Å². The van der Waals surface area contributed by atoms with Gasteiger partial charge in [0.2, 0.25) is 0 Å². The summed E-state index contributed by atoms with van der Waals surface area (Å²) in [4.78, 5) is 37.1. The molecule has 1 unspecified atom stereocenters. The van der Waals surface area contributed by atoms with E-state index in [1.807, 2.05) is 6.07 Å². The van der Waals surface area contributed by atoms with Crippen molar-refractivity contribution < 1.29 is 14.4 Å². The van der Waals surface area contributed by atoms with Crippen molar-refractivity contribution in [3.05, 3.63) is 28.2 Å². The number of halogens is 1. The van der Waals surface area contributed by atoms with Crippen molar-refractivity contribution in [3.63, 3.8) is 0 Å². The molecule has 1 saturated carbocycles. The molecule has 3 rings (SSSR count). The predicted octanol–water partition coefficient (Wildman–Crippen LogP) is 2.74. The molecule has 0 bridgehead atoms. The summed E-state index contributed by atoms with van der Waals surface area (Å²) in [5.41, 5.74) is 1.11. The maximum absolute atomic E-state index is 12.0. The van der Waals surface area contributed by atoms with E-state index in [1.165, 1.54) is 4.90 Å². The number of hydrogen-bond acceptors (Lipinski definition) is 3. The lowest BCUT2D eigenvalue weighted by atomic mass is 10.0. The molecule has 1 aromatic rings. The van der Waals surface area contributed by atoms with Crippen LogP contribution in [0.25, 0.3) is 0 Å². The standard InChI is InChI=1S/C15H14BrNO3/c16-10-4-5-12-11(8-10)14(19)15(20)17(12)7-6-9-2-1-3-13(9)18/h4-5,8-9H,1-3,6-7H2. The van der Waals surface area contributed by atoms with Crippen LogP contribution in [-0.4, -0.2) is 24.0 Å². The van der Waals surface area contributed by atoms with E-state index in [4.69, 9.17) is 0 Å². The first-order chi connectivity index (χ1) is 9.58. The van der Waals surface area contributed by atoms with Gasteiger partial charge in [-0.1, -0.05) is 15.9 Å². The van der Waals surface area contributed by atoms with Crippen molar-refractivity contribution in [1.82, 2.24) is 0 Å². The number of anilines is 1. The predicted molar refractivity (Wildman–Crippen MR) is 77.8 cm³/mol. The monoisotopic (exact) mass is 335 g/mol. The van der Waals surface area contributed by atoms with Gasteiger partial charge in [-0.3, -0.25) is 14.4 Å². The number of hydrogen-bond donors (Lipinski definition) is 0. The van der Waals surface area contributed by atoms with Crippen LogP contribution >= 0.6 is 15.9 Å². The average Bonchev–Trinajstić information content (AvgIpc) is 2.93. The zero-order valence-corrected chi connectivity index (χ0v) is 12.5. The van der Waals surface area contributed by atoms with Crippen molar-refractivity contribution >= 4 is 39.1 Å². The molecule has 2 aliphatic rings. The summed E-state index contributed by atoms with van der Waals surface area (Å²) in [6.45, 7) is 0.440. The lowest BCUT2D eigenvalue weighted by Gasteiger charge is -2.18. The quantitative estimate of drug-likeness (QED) is 0.798. The van der Waals surface area contributed by atoms with Crippen molar-refractivity contribution in [2.24, 2.45) is 5.92 Å². The number of amides is 1.